The van der Waals surface area contributed by atoms with Gasteiger partial charge in [0.2, 0.25) is 0 Å². The molecule has 5 heteroatoms. The first kappa shape index (κ1) is 27.4. The zero-order valence-corrected chi connectivity index (χ0v) is 19.0. The summed E-state index contributed by atoms with van der Waals surface area (Å²) in [5.74, 6) is -0.432. The SMILES string of the molecule is CCC/C=C\C/C=C\CCCCCCCC(=O)OCCOC(=O)CCCN(C)C. The number of ether oxygens (including phenoxy) is 2. The van der Waals surface area contributed by atoms with Crippen LogP contribution in [0.25, 0.3) is 0 Å². The monoisotopic (exact) mass is 409 g/mol. The Bertz CT molecular complexity index is 458. The van der Waals surface area contributed by atoms with Crippen molar-refractivity contribution in [2.24, 2.45) is 0 Å². The van der Waals surface area contributed by atoms with E-state index in [-0.39, 0.29) is 25.2 Å². The summed E-state index contributed by atoms with van der Waals surface area (Å²) in [5, 5.41) is 0. The molecule has 0 N–H and O–H groups in total. The minimum Gasteiger partial charge on any atom is -0.462 e. The third kappa shape index (κ3) is 22.5. The Morgan fingerprint density at radius 2 is 1.28 bits per heavy atom. The number of allylic oxidation sites excluding steroid dienone is 4. The first-order valence-electron chi connectivity index (χ1n) is 11.3. The number of rotatable bonds is 19. The summed E-state index contributed by atoms with van der Waals surface area (Å²) in [5.41, 5.74) is 0. The molecule has 0 unspecified atom stereocenters. The van der Waals surface area contributed by atoms with Gasteiger partial charge >= 0.3 is 11.9 Å². The van der Waals surface area contributed by atoms with Gasteiger partial charge in [0.1, 0.15) is 13.2 Å². The second-order valence-corrected chi connectivity index (χ2v) is 7.62. The van der Waals surface area contributed by atoms with E-state index >= 15 is 0 Å². The summed E-state index contributed by atoms with van der Waals surface area (Å²) >= 11 is 0. The van der Waals surface area contributed by atoms with E-state index in [0.717, 1.165) is 45.1 Å². The fraction of sp³-hybridized carbons (Fsp3) is 0.750. The minimum absolute atomic E-state index is 0.147. The normalized spacial score (nSPS) is 11.6. The average molecular weight is 410 g/mol. The van der Waals surface area contributed by atoms with Crippen molar-refractivity contribution in [2.45, 2.75) is 84.0 Å². The smallest absolute Gasteiger partial charge is 0.305 e. The Morgan fingerprint density at radius 3 is 1.90 bits per heavy atom. The van der Waals surface area contributed by atoms with Gasteiger partial charge in [-0.2, -0.15) is 0 Å². The van der Waals surface area contributed by atoms with Crippen molar-refractivity contribution >= 4 is 11.9 Å². The molecule has 0 spiro atoms. The van der Waals surface area contributed by atoms with Crippen molar-refractivity contribution in [2.75, 3.05) is 33.9 Å². The lowest BCUT2D eigenvalue weighted by Crippen LogP contribution is -2.17. The van der Waals surface area contributed by atoms with Gasteiger partial charge in [-0.3, -0.25) is 9.59 Å². The molecule has 0 aromatic rings. The van der Waals surface area contributed by atoms with Gasteiger partial charge in [0.05, 0.1) is 0 Å². The first-order valence-corrected chi connectivity index (χ1v) is 11.3. The van der Waals surface area contributed by atoms with E-state index in [2.05, 4.69) is 31.2 Å². The lowest BCUT2D eigenvalue weighted by atomic mass is 10.1. The molecule has 0 atom stereocenters. The Morgan fingerprint density at radius 1 is 0.724 bits per heavy atom. The quantitative estimate of drug-likeness (QED) is 0.161. The van der Waals surface area contributed by atoms with Crippen LogP contribution in [0.15, 0.2) is 24.3 Å². The second kappa shape index (κ2) is 21.1. The zero-order valence-electron chi connectivity index (χ0n) is 19.0. The Labute approximate surface area is 178 Å². The van der Waals surface area contributed by atoms with Gasteiger partial charge in [0.25, 0.3) is 0 Å². The highest BCUT2D eigenvalue weighted by atomic mass is 16.6. The van der Waals surface area contributed by atoms with Gasteiger partial charge in [-0.15, -0.1) is 0 Å². The van der Waals surface area contributed by atoms with Gasteiger partial charge in [-0.25, -0.2) is 0 Å². The maximum Gasteiger partial charge on any atom is 0.305 e. The lowest BCUT2D eigenvalue weighted by molar-refractivity contribution is -0.152. The van der Waals surface area contributed by atoms with Crippen LogP contribution in [-0.2, 0) is 19.1 Å². The lowest BCUT2D eigenvalue weighted by Gasteiger charge is -2.09. The second-order valence-electron chi connectivity index (χ2n) is 7.62. The number of carbonyl (C=O) groups excluding carboxylic acids is 2. The van der Waals surface area contributed by atoms with Gasteiger partial charge < -0.3 is 14.4 Å². The average Bonchev–Trinajstić information content (AvgIpc) is 2.68. The molecule has 0 radical (unpaired) electrons. The van der Waals surface area contributed by atoms with Crippen molar-refractivity contribution in [1.82, 2.24) is 4.90 Å². The van der Waals surface area contributed by atoms with Crippen LogP contribution in [0, 0.1) is 0 Å². The van der Waals surface area contributed by atoms with Crippen LogP contribution in [0.1, 0.15) is 84.0 Å². The van der Waals surface area contributed by atoms with Gasteiger partial charge in [-0.05, 0) is 59.2 Å². The third-order valence-electron chi connectivity index (χ3n) is 4.41. The summed E-state index contributed by atoms with van der Waals surface area (Å²) in [6.45, 7) is 3.35. The maximum absolute atomic E-state index is 11.7. The van der Waals surface area contributed by atoms with Gasteiger partial charge in [-0.1, -0.05) is 56.9 Å². The predicted octanol–water partition coefficient (Wildman–Crippen LogP) is 5.45. The summed E-state index contributed by atoms with van der Waals surface area (Å²) in [6, 6.07) is 0. The van der Waals surface area contributed by atoms with Crippen LogP contribution >= 0.6 is 0 Å². The molecule has 0 saturated heterocycles. The van der Waals surface area contributed by atoms with Crippen LogP contribution in [0.5, 0.6) is 0 Å². The molecule has 5 nitrogen and oxygen atoms in total. The maximum atomic E-state index is 11.7. The standard InChI is InChI=1S/C24H43NO4/c1-4-5-6-7-8-9-10-11-12-13-14-15-16-18-23(26)28-21-22-29-24(27)19-17-20-25(2)3/h6-7,9-10H,4-5,8,11-22H2,1-3H3/b7-6-,10-9-. The largest absolute Gasteiger partial charge is 0.462 e. The van der Waals surface area contributed by atoms with Gasteiger partial charge in [0, 0.05) is 12.8 Å². The van der Waals surface area contributed by atoms with E-state index in [0.29, 0.717) is 12.8 Å². The molecule has 0 fully saturated rings. The predicted molar refractivity (Wildman–Crippen MR) is 120 cm³/mol. The van der Waals surface area contributed by atoms with Crippen molar-refractivity contribution in [3.63, 3.8) is 0 Å². The number of unbranched alkanes of at least 4 members (excludes halogenated alkanes) is 6. The molecule has 29 heavy (non-hydrogen) atoms. The van der Waals surface area contributed by atoms with Gasteiger partial charge in [0.15, 0.2) is 0 Å². The van der Waals surface area contributed by atoms with E-state index in [1.165, 1.54) is 25.7 Å². The number of esters is 2. The van der Waals surface area contributed by atoms with E-state index < -0.39 is 0 Å². The van der Waals surface area contributed by atoms with Crippen molar-refractivity contribution in [3.8, 4) is 0 Å². The van der Waals surface area contributed by atoms with Crippen LogP contribution in [0.3, 0.4) is 0 Å². The van der Waals surface area contributed by atoms with Crippen molar-refractivity contribution < 1.29 is 19.1 Å². The summed E-state index contributed by atoms with van der Waals surface area (Å²) < 4.78 is 10.2. The highest BCUT2D eigenvalue weighted by Gasteiger charge is 2.05. The molecule has 0 amide bonds. The van der Waals surface area contributed by atoms with Crippen LogP contribution in [0.4, 0.5) is 0 Å². The zero-order chi connectivity index (χ0) is 21.6. The highest BCUT2D eigenvalue weighted by Crippen LogP contribution is 2.08. The fourth-order valence-corrected chi connectivity index (χ4v) is 2.73. The van der Waals surface area contributed by atoms with E-state index in [4.69, 9.17) is 9.47 Å². The Balaban J connectivity index is 3.37. The molecule has 0 rings (SSSR count). The first-order chi connectivity index (χ1) is 14.1. The molecule has 0 aliphatic carbocycles. The topological polar surface area (TPSA) is 55.8 Å². The highest BCUT2D eigenvalue weighted by molar-refractivity contribution is 5.70. The van der Waals surface area contributed by atoms with Crippen LogP contribution in [-0.4, -0.2) is 50.7 Å². The van der Waals surface area contributed by atoms with Crippen molar-refractivity contribution in [1.29, 1.82) is 0 Å². The van der Waals surface area contributed by atoms with E-state index in [9.17, 15) is 9.59 Å². The molecular weight excluding hydrogens is 366 g/mol. The van der Waals surface area contributed by atoms with E-state index in [1.54, 1.807) is 0 Å². The van der Waals surface area contributed by atoms with E-state index in [1.807, 2.05) is 19.0 Å². The number of hydrogen-bond acceptors (Lipinski definition) is 5. The molecular formula is C24H43NO4. The Hall–Kier alpha value is -1.62. The molecule has 0 bridgehead atoms. The minimum atomic E-state index is -0.231. The Kier molecular flexibility index (Phi) is 19.9. The summed E-state index contributed by atoms with van der Waals surface area (Å²) in [6.07, 6.45) is 20.7. The molecule has 168 valence electrons. The van der Waals surface area contributed by atoms with Crippen LogP contribution in [0.2, 0.25) is 0 Å². The molecule has 0 heterocycles. The van der Waals surface area contributed by atoms with Crippen molar-refractivity contribution in [3.05, 3.63) is 24.3 Å². The molecule has 0 aliphatic rings. The molecule has 0 saturated carbocycles. The molecule has 0 aliphatic heterocycles. The summed E-state index contributed by atoms with van der Waals surface area (Å²) in [4.78, 5) is 25.2. The molecule has 0 aromatic heterocycles. The fourth-order valence-electron chi connectivity index (χ4n) is 2.73. The number of nitrogens with zero attached hydrogens (tertiary/aromatic N) is 1. The van der Waals surface area contributed by atoms with Crippen LogP contribution < -0.4 is 0 Å². The molecule has 0 aromatic carbocycles. The third-order valence-corrected chi connectivity index (χ3v) is 4.41. The number of carbonyl (C=O) groups is 2. The number of hydrogen-bond donors (Lipinski definition) is 0. The summed E-state index contributed by atoms with van der Waals surface area (Å²) in [7, 11) is 3.94.